The van der Waals surface area contributed by atoms with E-state index >= 15 is 0 Å². The number of carbonyl (C=O) groups excluding carboxylic acids is 1. The molecule has 0 aliphatic rings. The molecule has 1 heterocycles. The van der Waals surface area contributed by atoms with Gasteiger partial charge in [-0.15, -0.1) is 0 Å². The summed E-state index contributed by atoms with van der Waals surface area (Å²) < 4.78 is 5.72. The average molecular weight is 355 g/mol. The molecule has 0 saturated heterocycles. The summed E-state index contributed by atoms with van der Waals surface area (Å²) in [7, 11) is 0. The van der Waals surface area contributed by atoms with Gasteiger partial charge in [0.2, 0.25) is 5.91 Å². The Morgan fingerprint density at radius 2 is 1.74 bits per heavy atom. The zero-order valence-corrected chi connectivity index (χ0v) is 14.7. The van der Waals surface area contributed by atoms with E-state index in [-0.39, 0.29) is 5.91 Å². The molecule has 0 aliphatic heterocycles. The van der Waals surface area contributed by atoms with Crippen LogP contribution in [0.5, 0.6) is 11.5 Å². The highest BCUT2D eigenvalue weighted by Crippen LogP contribution is 2.23. The van der Waals surface area contributed by atoms with Crippen molar-refractivity contribution in [3.05, 3.63) is 90.3 Å². The van der Waals surface area contributed by atoms with Crippen LogP contribution in [0.3, 0.4) is 0 Å². The molecule has 0 atom stereocenters. The molecule has 27 heavy (non-hydrogen) atoms. The number of benzene rings is 2. The monoisotopic (exact) mass is 355 g/mol. The molecule has 5 heteroatoms. The maximum Gasteiger partial charge on any atom is 0.248 e. The topological polar surface area (TPSA) is 75.0 Å². The van der Waals surface area contributed by atoms with Gasteiger partial charge < -0.3 is 10.1 Å². The zero-order chi connectivity index (χ0) is 19.1. The Morgan fingerprint density at radius 1 is 1.07 bits per heavy atom. The van der Waals surface area contributed by atoms with E-state index in [2.05, 4.69) is 16.4 Å². The van der Waals surface area contributed by atoms with Crippen molar-refractivity contribution >= 4 is 17.2 Å². The molecule has 1 amide bonds. The second-order valence-corrected chi connectivity index (χ2v) is 5.82. The largest absolute Gasteiger partial charge is 0.457 e. The van der Waals surface area contributed by atoms with Crippen LogP contribution in [-0.2, 0) is 4.79 Å². The molecule has 132 valence electrons. The van der Waals surface area contributed by atoms with Crippen LogP contribution in [0.1, 0.15) is 18.1 Å². The van der Waals surface area contributed by atoms with Gasteiger partial charge in [-0.1, -0.05) is 6.07 Å². The molecule has 1 aromatic heterocycles. The molecule has 3 rings (SSSR count). The van der Waals surface area contributed by atoms with E-state index < -0.39 is 0 Å². The van der Waals surface area contributed by atoms with Crippen LogP contribution in [-0.4, -0.2) is 10.9 Å². The second kappa shape index (κ2) is 8.45. The van der Waals surface area contributed by atoms with Gasteiger partial charge >= 0.3 is 0 Å². The molecule has 0 spiro atoms. The van der Waals surface area contributed by atoms with Crippen LogP contribution in [0.25, 0.3) is 5.57 Å². The van der Waals surface area contributed by atoms with Crippen LogP contribution >= 0.6 is 0 Å². The zero-order valence-electron chi connectivity index (χ0n) is 14.7. The summed E-state index contributed by atoms with van der Waals surface area (Å²) in [6.45, 7) is 1.87. The minimum atomic E-state index is -0.211. The number of ether oxygens (including phenoxy) is 1. The Labute approximate surface area is 157 Å². The van der Waals surface area contributed by atoms with Crippen LogP contribution in [0.2, 0.25) is 0 Å². The van der Waals surface area contributed by atoms with Gasteiger partial charge in [0.15, 0.2) is 0 Å². The number of anilines is 1. The van der Waals surface area contributed by atoms with Gasteiger partial charge in [0.05, 0.1) is 11.6 Å². The Bertz CT molecular complexity index is 986. The third kappa shape index (κ3) is 5.03. The third-order valence-corrected chi connectivity index (χ3v) is 3.81. The molecular weight excluding hydrogens is 338 g/mol. The number of rotatable bonds is 5. The van der Waals surface area contributed by atoms with Gasteiger partial charge in [0, 0.05) is 24.2 Å². The van der Waals surface area contributed by atoms with Gasteiger partial charge in [-0.05, 0) is 72.7 Å². The second-order valence-electron chi connectivity index (χ2n) is 5.82. The van der Waals surface area contributed by atoms with E-state index in [1.165, 1.54) is 6.08 Å². The molecular formula is C22H17N3O2. The van der Waals surface area contributed by atoms with Crippen molar-refractivity contribution < 1.29 is 9.53 Å². The summed E-state index contributed by atoms with van der Waals surface area (Å²) in [6.07, 6.45) is 4.95. The van der Waals surface area contributed by atoms with E-state index in [0.29, 0.717) is 22.7 Å². The van der Waals surface area contributed by atoms with Gasteiger partial charge in [0.1, 0.15) is 11.5 Å². The van der Waals surface area contributed by atoms with Gasteiger partial charge in [-0.3, -0.25) is 9.78 Å². The highest BCUT2D eigenvalue weighted by molar-refractivity contribution is 6.03. The number of aromatic nitrogens is 1. The molecule has 2 aromatic carbocycles. The molecule has 0 aliphatic carbocycles. The predicted molar refractivity (Wildman–Crippen MR) is 104 cm³/mol. The van der Waals surface area contributed by atoms with E-state index in [0.717, 1.165) is 11.1 Å². The van der Waals surface area contributed by atoms with Crippen molar-refractivity contribution in [1.29, 1.82) is 5.26 Å². The minimum absolute atomic E-state index is 0.211. The lowest BCUT2D eigenvalue weighted by atomic mass is 10.1. The molecule has 0 bridgehead atoms. The van der Waals surface area contributed by atoms with Crippen LogP contribution in [0, 0.1) is 11.3 Å². The number of nitriles is 1. The van der Waals surface area contributed by atoms with Crippen LogP contribution in [0.15, 0.2) is 79.1 Å². The molecule has 5 nitrogen and oxygen atoms in total. The Kier molecular flexibility index (Phi) is 5.60. The lowest BCUT2D eigenvalue weighted by molar-refractivity contribution is -0.111. The third-order valence-electron chi connectivity index (χ3n) is 3.81. The summed E-state index contributed by atoms with van der Waals surface area (Å²) >= 11 is 0. The number of nitrogens with zero attached hydrogens (tertiary/aromatic N) is 2. The number of allylic oxidation sites excluding steroid dienone is 1. The minimum Gasteiger partial charge on any atom is -0.457 e. The summed E-state index contributed by atoms with van der Waals surface area (Å²) in [5.74, 6) is 1.07. The van der Waals surface area contributed by atoms with Crippen molar-refractivity contribution in [2.45, 2.75) is 6.92 Å². The van der Waals surface area contributed by atoms with Crippen molar-refractivity contribution in [3.8, 4) is 17.6 Å². The summed E-state index contributed by atoms with van der Waals surface area (Å²) in [5, 5.41) is 11.6. The normalized spacial score (nSPS) is 10.7. The quantitative estimate of drug-likeness (QED) is 0.668. The van der Waals surface area contributed by atoms with E-state index in [4.69, 9.17) is 10.00 Å². The van der Waals surface area contributed by atoms with Crippen LogP contribution in [0.4, 0.5) is 5.69 Å². The first-order chi connectivity index (χ1) is 13.1. The molecule has 3 aromatic rings. The van der Waals surface area contributed by atoms with E-state index in [1.807, 2.05) is 19.1 Å². The van der Waals surface area contributed by atoms with Crippen molar-refractivity contribution in [3.63, 3.8) is 0 Å². The number of amides is 1. The smallest absolute Gasteiger partial charge is 0.248 e. The van der Waals surface area contributed by atoms with Gasteiger partial charge in [-0.2, -0.15) is 5.26 Å². The first-order valence-electron chi connectivity index (χ1n) is 8.32. The molecule has 0 unspecified atom stereocenters. The fraction of sp³-hybridized carbons (Fsp3) is 0.0455. The SMILES string of the molecule is C/C(=C\C(=O)Nc1ccc(Oc2ccc(C#N)cc2)cc1)c1cccnc1. The summed E-state index contributed by atoms with van der Waals surface area (Å²) in [5.41, 5.74) is 2.98. The van der Waals surface area contributed by atoms with Gasteiger partial charge in [-0.25, -0.2) is 0 Å². The van der Waals surface area contributed by atoms with Crippen molar-refractivity contribution in [2.24, 2.45) is 0 Å². The maximum absolute atomic E-state index is 12.2. The van der Waals surface area contributed by atoms with Crippen molar-refractivity contribution in [1.82, 2.24) is 4.98 Å². The molecule has 0 fully saturated rings. The molecule has 0 saturated carbocycles. The van der Waals surface area contributed by atoms with E-state index in [1.54, 1.807) is 60.9 Å². The Hall–Kier alpha value is -3.91. The average Bonchev–Trinajstić information content (AvgIpc) is 2.70. The number of hydrogen-bond donors (Lipinski definition) is 1. The maximum atomic E-state index is 12.2. The van der Waals surface area contributed by atoms with Gasteiger partial charge in [0.25, 0.3) is 0 Å². The fourth-order valence-electron chi connectivity index (χ4n) is 2.39. The predicted octanol–water partition coefficient (Wildman–Crippen LogP) is 4.79. The number of nitrogens with one attached hydrogen (secondary N) is 1. The van der Waals surface area contributed by atoms with Crippen molar-refractivity contribution in [2.75, 3.05) is 5.32 Å². The Balaban J connectivity index is 1.61. The van der Waals surface area contributed by atoms with E-state index in [9.17, 15) is 4.79 Å². The summed E-state index contributed by atoms with van der Waals surface area (Å²) in [6, 6.07) is 19.7. The highest BCUT2D eigenvalue weighted by atomic mass is 16.5. The lowest BCUT2D eigenvalue weighted by Crippen LogP contribution is -2.08. The number of pyridine rings is 1. The first kappa shape index (κ1) is 17.9. The van der Waals surface area contributed by atoms with Crippen LogP contribution < -0.4 is 10.1 Å². The standard InChI is InChI=1S/C22H17N3O2/c1-16(18-3-2-12-24-15-18)13-22(26)25-19-6-10-21(11-7-19)27-20-8-4-17(14-23)5-9-20/h2-13,15H,1H3,(H,25,26)/b16-13+. The summed E-state index contributed by atoms with van der Waals surface area (Å²) in [4.78, 5) is 16.2. The lowest BCUT2D eigenvalue weighted by Gasteiger charge is -2.08. The highest BCUT2D eigenvalue weighted by Gasteiger charge is 2.03. The molecule has 1 N–H and O–H groups in total. The number of hydrogen-bond acceptors (Lipinski definition) is 4. The fourth-order valence-corrected chi connectivity index (χ4v) is 2.39. The number of carbonyl (C=O) groups is 1. The first-order valence-corrected chi connectivity index (χ1v) is 8.32. The Morgan fingerprint density at radius 3 is 2.33 bits per heavy atom. The molecule has 0 radical (unpaired) electrons.